The van der Waals surface area contributed by atoms with E-state index in [1.165, 1.54) is 27.4 Å². The predicted octanol–water partition coefficient (Wildman–Crippen LogP) is 1.01. The van der Waals surface area contributed by atoms with Gasteiger partial charge < -0.3 is 13.3 Å². The third kappa shape index (κ3) is 2.47. The molecular weight excluding hydrogens is 188 g/mol. The van der Waals surface area contributed by atoms with Crippen molar-refractivity contribution in [1.29, 1.82) is 0 Å². The van der Waals surface area contributed by atoms with Crippen molar-refractivity contribution in [2.24, 2.45) is 0 Å². The van der Waals surface area contributed by atoms with Gasteiger partial charge in [-0.1, -0.05) is 13.5 Å². The number of rotatable bonds is 6. The molecule has 0 amide bonds. The second kappa shape index (κ2) is 5.28. The molecule has 5 heteroatoms. The summed E-state index contributed by atoms with van der Waals surface area (Å²) in [6.45, 7) is 5.12. The zero-order chi connectivity index (χ0) is 10.5. The molecule has 1 atom stereocenters. The maximum Gasteiger partial charge on any atom is 0.511 e. The van der Waals surface area contributed by atoms with E-state index >= 15 is 0 Å². The SMILES string of the molecule is C=CC(=O)C(C)[Si](OC)(OC)OC. The Balaban J connectivity index is 4.71. The molecule has 0 N–H and O–H groups in total. The highest BCUT2D eigenvalue weighted by Gasteiger charge is 2.47. The quantitative estimate of drug-likeness (QED) is 0.478. The fourth-order valence-corrected chi connectivity index (χ4v) is 3.16. The lowest BCUT2D eigenvalue weighted by Crippen LogP contribution is -2.49. The van der Waals surface area contributed by atoms with E-state index in [1.54, 1.807) is 6.92 Å². The summed E-state index contributed by atoms with van der Waals surface area (Å²) in [4.78, 5) is 11.3. The van der Waals surface area contributed by atoms with Gasteiger partial charge in [-0.05, 0) is 6.08 Å². The van der Waals surface area contributed by atoms with E-state index in [2.05, 4.69) is 6.58 Å². The van der Waals surface area contributed by atoms with Crippen LogP contribution in [0.15, 0.2) is 12.7 Å². The molecule has 0 saturated heterocycles. The topological polar surface area (TPSA) is 44.8 Å². The number of carbonyl (C=O) groups is 1. The Hall–Kier alpha value is -0.493. The third-order valence-electron chi connectivity index (χ3n) is 2.01. The van der Waals surface area contributed by atoms with Crippen LogP contribution in [-0.2, 0) is 18.1 Å². The number of carbonyl (C=O) groups excluding carboxylic acids is 1. The first-order valence-electron chi connectivity index (χ1n) is 3.89. The molecule has 0 aromatic rings. The fraction of sp³-hybridized carbons (Fsp3) is 0.625. The Morgan fingerprint density at radius 3 is 1.92 bits per heavy atom. The largest absolute Gasteiger partial charge is 0.511 e. The molecule has 4 nitrogen and oxygen atoms in total. The summed E-state index contributed by atoms with van der Waals surface area (Å²) in [6, 6.07) is 0. The van der Waals surface area contributed by atoms with Crippen molar-refractivity contribution in [3.63, 3.8) is 0 Å². The van der Waals surface area contributed by atoms with E-state index in [1.807, 2.05) is 0 Å². The summed E-state index contributed by atoms with van der Waals surface area (Å²) in [5.74, 6) is -0.128. The monoisotopic (exact) mass is 204 g/mol. The highest BCUT2D eigenvalue weighted by molar-refractivity contribution is 6.66. The molecule has 0 aliphatic heterocycles. The van der Waals surface area contributed by atoms with Gasteiger partial charge in [0.15, 0.2) is 5.78 Å². The van der Waals surface area contributed by atoms with E-state index in [9.17, 15) is 4.79 Å². The number of hydrogen-bond acceptors (Lipinski definition) is 4. The second-order valence-electron chi connectivity index (χ2n) is 2.54. The lowest BCUT2D eigenvalue weighted by Gasteiger charge is -2.28. The molecular formula is C8H16O4Si. The minimum atomic E-state index is -2.83. The molecule has 0 spiro atoms. The lowest BCUT2D eigenvalue weighted by atomic mass is 10.3. The van der Waals surface area contributed by atoms with Gasteiger partial charge in [0.05, 0.1) is 5.54 Å². The number of allylic oxidation sites excluding steroid dienone is 1. The van der Waals surface area contributed by atoms with Crippen molar-refractivity contribution in [1.82, 2.24) is 0 Å². The molecule has 0 saturated carbocycles. The van der Waals surface area contributed by atoms with E-state index in [0.29, 0.717) is 0 Å². The third-order valence-corrected chi connectivity index (χ3v) is 5.06. The van der Waals surface area contributed by atoms with Crippen molar-refractivity contribution in [2.45, 2.75) is 12.5 Å². The number of ketones is 1. The highest BCUT2D eigenvalue weighted by Crippen LogP contribution is 2.24. The van der Waals surface area contributed by atoms with Crippen molar-refractivity contribution >= 4 is 14.6 Å². The molecule has 0 fully saturated rings. The Kier molecular flexibility index (Phi) is 5.08. The van der Waals surface area contributed by atoms with Crippen LogP contribution >= 0.6 is 0 Å². The summed E-state index contributed by atoms with van der Waals surface area (Å²) in [5.41, 5.74) is -0.412. The predicted molar refractivity (Wildman–Crippen MR) is 51.4 cm³/mol. The maximum absolute atomic E-state index is 11.3. The van der Waals surface area contributed by atoms with Crippen LogP contribution in [0.25, 0.3) is 0 Å². The van der Waals surface area contributed by atoms with Gasteiger partial charge in [0.25, 0.3) is 0 Å². The number of hydrogen-bond donors (Lipinski definition) is 0. The Bertz CT molecular complexity index is 180. The van der Waals surface area contributed by atoms with Crippen molar-refractivity contribution in [2.75, 3.05) is 21.3 Å². The second-order valence-corrected chi connectivity index (χ2v) is 5.84. The molecule has 0 bridgehead atoms. The van der Waals surface area contributed by atoms with E-state index < -0.39 is 14.3 Å². The highest BCUT2D eigenvalue weighted by atomic mass is 28.4. The smallest absolute Gasteiger partial charge is 0.376 e. The van der Waals surface area contributed by atoms with E-state index in [4.69, 9.17) is 13.3 Å². The van der Waals surface area contributed by atoms with Gasteiger partial charge in [0, 0.05) is 21.3 Å². The Labute approximate surface area is 79.9 Å². The van der Waals surface area contributed by atoms with Crippen molar-refractivity contribution in [3.8, 4) is 0 Å². The standard InChI is InChI=1S/C8H16O4Si/c1-6-8(9)7(2)13(10-3,11-4)12-5/h6-7H,1H2,2-5H3. The summed E-state index contributed by atoms with van der Waals surface area (Å²) < 4.78 is 15.4. The summed E-state index contributed by atoms with van der Waals surface area (Å²) in [6.07, 6.45) is 1.25. The van der Waals surface area contributed by atoms with Crippen LogP contribution in [-0.4, -0.2) is 35.9 Å². The first kappa shape index (κ1) is 12.5. The zero-order valence-electron chi connectivity index (χ0n) is 8.49. The molecule has 0 aliphatic rings. The van der Waals surface area contributed by atoms with Gasteiger partial charge in [-0.15, -0.1) is 0 Å². The van der Waals surface area contributed by atoms with Crippen molar-refractivity contribution < 1.29 is 18.1 Å². The van der Waals surface area contributed by atoms with Gasteiger partial charge in [-0.25, -0.2) is 0 Å². The summed E-state index contributed by atoms with van der Waals surface area (Å²) in [7, 11) is 1.61. The molecule has 76 valence electrons. The van der Waals surface area contributed by atoms with Gasteiger partial charge in [-0.3, -0.25) is 4.79 Å². The molecule has 1 unspecified atom stereocenters. The molecule has 0 heterocycles. The Morgan fingerprint density at radius 2 is 1.69 bits per heavy atom. The summed E-state index contributed by atoms with van der Waals surface area (Å²) >= 11 is 0. The average Bonchev–Trinajstić information content (AvgIpc) is 2.20. The first-order valence-corrected chi connectivity index (χ1v) is 5.69. The molecule has 0 aromatic heterocycles. The zero-order valence-corrected chi connectivity index (χ0v) is 9.49. The van der Waals surface area contributed by atoms with Crippen LogP contribution in [0.2, 0.25) is 5.54 Å². The van der Waals surface area contributed by atoms with Crippen LogP contribution < -0.4 is 0 Å². The van der Waals surface area contributed by atoms with Gasteiger partial charge in [0.1, 0.15) is 0 Å². The minimum Gasteiger partial charge on any atom is -0.376 e. The maximum atomic E-state index is 11.3. The first-order chi connectivity index (χ1) is 6.07. The van der Waals surface area contributed by atoms with Crippen molar-refractivity contribution in [3.05, 3.63) is 12.7 Å². The lowest BCUT2D eigenvalue weighted by molar-refractivity contribution is -0.115. The van der Waals surface area contributed by atoms with Crippen LogP contribution in [0.3, 0.4) is 0 Å². The molecule has 0 aromatic carbocycles. The normalized spacial score (nSPS) is 13.8. The minimum absolute atomic E-state index is 0.128. The average molecular weight is 204 g/mol. The summed E-state index contributed by atoms with van der Waals surface area (Å²) in [5, 5.41) is 0. The van der Waals surface area contributed by atoms with E-state index in [0.717, 1.165) is 0 Å². The molecule has 0 rings (SSSR count). The van der Waals surface area contributed by atoms with Crippen LogP contribution in [0.5, 0.6) is 0 Å². The Morgan fingerprint density at radius 1 is 1.31 bits per heavy atom. The van der Waals surface area contributed by atoms with Crippen LogP contribution in [0.1, 0.15) is 6.92 Å². The van der Waals surface area contributed by atoms with Crippen LogP contribution in [0, 0.1) is 0 Å². The van der Waals surface area contributed by atoms with Gasteiger partial charge in [-0.2, -0.15) is 0 Å². The molecule has 0 radical (unpaired) electrons. The fourth-order valence-electron chi connectivity index (χ4n) is 1.13. The van der Waals surface area contributed by atoms with Crippen LogP contribution in [0.4, 0.5) is 0 Å². The molecule has 0 aliphatic carbocycles. The van der Waals surface area contributed by atoms with Gasteiger partial charge in [0.2, 0.25) is 0 Å². The van der Waals surface area contributed by atoms with E-state index in [-0.39, 0.29) is 5.78 Å². The molecule has 13 heavy (non-hydrogen) atoms. The van der Waals surface area contributed by atoms with Gasteiger partial charge >= 0.3 is 8.80 Å².